The van der Waals surface area contributed by atoms with Crippen molar-refractivity contribution in [2.24, 2.45) is 11.3 Å². The van der Waals surface area contributed by atoms with Gasteiger partial charge in [-0.2, -0.15) is 5.10 Å². The van der Waals surface area contributed by atoms with Crippen LogP contribution in [0.1, 0.15) is 66.5 Å². The van der Waals surface area contributed by atoms with Crippen LogP contribution in [0.4, 0.5) is 4.39 Å². The molecule has 1 aliphatic carbocycles. The number of para-hydroxylation sites is 1. The largest absolute Gasteiger partial charge is 0.478 e. The van der Waals surface area contributed by atoms with E-state index in [4.69, 9.17) is 16.6 Å². The van der Waals surface area contributed by atoms with Gasteiger partial charge in [-0.1, -0.05) is 57.0 Å². The topological polar surface area (TPSA) is 68.0 Å². The van der Waals surface area contributed by atoms with Crippen molar-refractivity contribution in [1.29, 1.82) is 0 Å². The lowest BCUT2D eigenvalue weighted by atomic mass is 9.67. The molecule has 2 aromatic heterocycles. The maximum absolute atomic E-state index is 13.5. The van der Waals surface area contributed by atoms with Crippen LogP contribution in [0, 0.1) is 24.1 Å². The molecule has 0 spiro atoms. The zero-order chi connectivity index (χ0) is 26.5. The van der Waals surface area contributed by atoms with Crippen LogP contribution in [0.25, 0.3) is 28.2 Å². The molecule has 190 valence electrons. The highest BCUT2D eigenvalue weighted by Gasteiger charge is 2.36. The van der Waals surface area contributed by atoms with E-state index in [2.05, 4.69) is 25.9 Å². The van der Waals surface area contributed by atoms with E-state index in [0.717, 1.165) is 35.2 Å². The van der Waals surface area contributed by atoms with Crippen molar-refractivity contribution in [3.05, 3.63) is 87.6 Å². The Morgan fingerprint density at radius 1 is 1.19 bits per heavy atom. The van der Waals surface area contributed by atoms with Crippen molar-refractivity contribution >= 4 is 40.1 Å². The van der Waals surface area contributed by atoms with Gasteiger partial charge in [0.1, 0.15) is 11.0 Å². The van der Waals surface area contributed by atoms with Crippen LogP contribution in [-0.2, 0) is 6.42 Å². The number of rotatable bonds is 5. The average Bonchev–Trinajstić information content (AvgIpc) is 3.15. The predicted octanol–water partition coefficient (Wildman–Crippen LogP) is 7.76. The van der Waals surface area contributed by atoms with Crippen LogP contribution in [0.3, 0.4) is 0 Å². The monoisotopic (exact) mass is 517 g/mol. The third kappa shape index (κ3) is 4.44. The number of carbonyl (C=O) groups is 1. The molecule has 2 heterocycles. The van der Waals surface area contributed by atoms with Gasteiger partial charge < -0.3 is 5.11 Å². The number of halogens is 2. The van der Waals surface area contributed by atoms with E-state index in [1.54, 1.807) is 16.8 Å². The highest BCUT2D eigenvalue weighted by atomic mass is 35.5. The summed E-state index contributed by atoms with van der Waals surface area (Å²) < 4.78 is 15.1. The lowest BCUT2D eigenvalue weighted by molar-refractivity contribution is 0.0696. The number of allylic oxidation sites excluding steroid dienone is 1. The number of pyridine rings is 1. The lowest BCUT2D eigenvalue weighted by Crippen LogP contribution is -2.30. The second kappa shape index (κ2) is 9.42. The maximum Gasteiger partial charge on any atom is 0.336 e. The first kappa shape index (κ1) is 25.2. The molecular weight excluding hydrogens is 489 g/mol. The minimum absolute atomic E-state index is 0.00463. The Balaban J connectivity index is 1.74. The molecule has 37 heavy (non-hydrogen) atoms. The quantitative estimate of drug-likeness (QED) is 0.294. The Bertz CT molecular complexity index is 1550. The molecule has 0 amide bonds. The normalized spacial score (nSPS) is 16.8. The molecule has 5 rings (SSSR count). The summed E-state index contributed by atoms with van der Waals surface area (Å²) in [5.41, 5.74) is 5.54. The van der Waals surface area contributed by atoms with E-state index in [1.807, 2.05) is 37.3 Å². The van der Waals surface area contributed by atoms with Gasteiger partial charge in [-0.15, -0.1) is 0 Å². The van der Waals surface area contributed by atoms with Crippen LogP contribution in [0.15, 0.2) is 48.5 Å². The molecule has 0 saturated carbocycles. The number of carboxylic acids is 1. The van der Waals surface area contributed by atoms with Crippen molar-refractivity contribution in [1.82, 2.24) is 14.8 Å². The van der Waals surface area contributed by atoms with E-state index < -0.39 is 5.97 Å². The van der Waals surface area contributed by atoms with Crippen molar-refractivity contribution in [3.8, 4) is 5.69 Å². The first-order chi connectivity index (χ1) is 17.6. The predicted molar refractivity (Wildman–Crippen MR) is 146 cm³/mol. The summed E-state index contributed by atoms with van der Waals surface area (Å²) in [4.78, 5) is 17.5. The second-order valence-corrected chi connectivity index (χ2v) is 10.8. The molecule has 5 nitrogen and oxygen atoms in total. The molecule has 0 radical (unpaired) electrons. The van der Waals surface area contributed by atoms with Gasteiger partial charge in [0.2, 0.25) is 0 Å². The van der Waals surface area contributed by atoms with Crippen LogP contribution in [-0.4, -0.2) is 25.8 Å². The molecule has 1 atom stereocenters. The number of aryl methyl sites for hydroxylation is 1. The van der Waals surface area contributed by atoms with Crippen LogP contribution in [0.5, 0.6) is 0 Å². The first-order valence-electron chi connectivity index (χ1n) is 12.5. The third-order valence-corrected chi connectivity index (χ3v) is 8.25. The molecular formula is C30H29ClFN3O2. The maximum atomic E-state index is 13.5. The Morgan fingerprint density at radius 2 is 1.89 bits per heavy atom. The summed E-state index contributed by atoms with van der Waals surface area (Å²) in [7, 11) is 0. The van der Waals surface area contributed by atoms with Gasteiger partial charge in [-0.05, 0) is 78.6 Å². The van der Waals surface area contributed by atoms with Crippen molar-refractivity contribution < 1.29 is 14.3 Å². The Hall–Kier alpha value is -3.51. The van der Waals surface area contributed by atoms with Gasteiger partial charge in [-0.3, -0.25) is 0 Å². The van der Waals surface area contributed by atoms with Gasteiger partial charge in [0.15, 0.2) is 0 Å². The molecule has 4 aromatic rings. The zero-order valence-corrected chi connectivity index (χ0v) is 22.1. The van der Waals surface area contributed by atoms with Gasteiger partial charge in [0.25, 0.3) is 0 Å². The number of hydrogen-bond donors (Lipinski definition) is 1. The summed E-state index contributed by atoms with van der Waals surface area (Å²) in [5.74, 6) is -1.05. The molecule has 0 aliphatic heterocycles. The summed E-state index contributed by atoms with van der Waals surface area (Å²) in [6.07, 6.45) is 4.37. The van der Waals surface area contributed by atoms with Gasteiger partial charge in [0, 0.05) is 10.9 Å². The number of fused-ring (bicyclic) bond motifs is 2. The third-order valence-electron chi connectivity index (χ3n) is 7.88. The summed E-state index contributed by atoms with van der Waals surface area (Å²) in [6.45, 7) is 8.52. The van der Waals surface area contributed by atoms with Crippen LogP contribution < -0.4 is 0 Å². The Labute approximate surface area is 220 Å². The molecule has 0 saturated heterocycles. The van der Waals surface area contributed by atoms with E-state index in [1.165, 1.54) is 12.1 Å². The van der Waals surface area contributed by atoms with E-state index in [-0.39, 0.29) is 17.2 Å². The molecule has 2 aromatic carbocycles. The fourth-order valence-electron chi connectivity index (χ4n) is 5.21. The van der Waals surface area contributed by atoms with Gasteiger partial charge in [0.05, 0.1) is 28.2 Å². The second-order valence-electron chi connectivity index (χ2n) is 10.4. The summed E-state index contributed by atoms with van der Waals surface area (Å²) >= 11 is 6.83. The fourth-order valence-corrected chi connectivity index (χ4v) is 5.54. The zero-order valence-electron chi connectivity index (χ0n) is 21.3. The van der Waals surface area contributed by atoms with E-state index >= 15 is 0 Å². The number of aromatic nitrogens is 3. The highest BCUT2D eigenvalue weighted by Crippen LogP contribution is 2.46. The van der Waals surface area contributed by atoms with E-state index in [9.17, 15) is 14.3 Å². The minimum atomic E-state index is -0.942. The molecule has 7 heteroatoms. The smallest absolute Gasteiger partial charge is 0.336 e. The number of hydrogen-bond acceptors (Lipinski definition) is 3. The SMILES string of the molecule is CCC(C)(C)C1C/C(=C\c2c(C)nn(-c3ccc(F)cc3)c2Cl)c2nc3ccccc3c(C(=O)O)c2C1. The summed E-state index contributed by atoms with van der Waals surface area (Å²) in [5, 5.41) is 16.0. The van der Waals surface area contributed by atoms with Crippen molar-refractivity contribution in [3.63, 3.8) is 0 Å². The fraction of sp³-hybridized carbons (Fsp3) is 0.300. The average molecular weight is 518 g/mol. The number of carboxylic acid groups (broad SMARTS) is 1. The van der Waals surface area contributed by atoms with Gasteiger partial charge in [-0.25, -0.2) is 18.9 Å². The molecule has 0 bridgehead atoms. The van der Waals surface area contributed by atoms with Crippen LogP contribution >= 0.6 is 11.6 Å². The number of benzene rings is 2. The summed E-state index contributed by atoms with van der Waals surface area (Å²) in [6, 6.07) is 13.4. The minimum Gasteiger partial charge on any atom is -0.478 e. The molecule has 1 unspecified atom stereocenters. The molecule has 1 N–H and O–H groups in total. The highest BCUT2D eigenvalue weighted by molar-refractivity contribution is 6.31. The number of aromatic carboxylic acids is 1. The van der Waals surface area contributed by atoms with Crippen molar-refractivity contribution in [2.75, 3.05) is 0 Å². The van der Waals surface area contributed by atoms with Gasteiger partial charge >= 0.3 is 5.97 Å². The van der Waals surface area contributed by atoms with Crippen LogP contribution in [0.2, 0.25) is 5.15 Å². The Morgan fingerprint density at radius 3 is 2.57 bits per heavy atom. The first-order valence-corrected chi connectivity index (χ1v) is 12.9. The van der Waals surface area contributed by atoms with Crippen molar-refractivity contribution in [2.45, 2.75) is 47.0 Å². The molecule has 1 aliphatic rings. The van der Waals surface area contributed by atoms with E-state index in [0.29, 0.717) is 39.4 Å². The number of nitrogens with zero attached hydrogens (tertiary/aromatic N) is 3. The standard InChI is InChI=1S/C30H29ClFN3O2/c1-5-30(3,4)19-14-18(15-23-17(2)34-35(28(23)31)21-12-10-20(32)11-13-21)27-24(16-19)26(29(36)37)22-8-6-7-9-25(22)33-27/h6-13,15,19H,5,14,16H2,1-4H3,(H,36,37)/b18-15+. The Kier molecular flexibility index (Phi) is 6.40. The lowest BCUT2D eigenvalue weighted by Gasteiger charge is -2.38. The molecule has 0 fully saturated rings.